The highest BCUT2D eigenvalue weighted by molar-refractivity contribution is 6.28. The number of fused-ring (bicyclic) bond motifs is 1. The van der Waals surface area contributed by atoms with Crippen molar-refractivity contribution in [1.82, 2.24) is 19.6 Å². The van der Waals surface area contributed by atoms with Crippen molar-refractivity contribution in [3.8, 4) is 0 Å². The molecule has 0 unspecified atom stereocenters. The van der Waals surface area contributed by atoms with Crippen LogP contribution in [0.25, 0.3) is 11.2 Å². The minimum atomic E-state index is 0.263. The van der Waals surface area contributed by atoms with E-state index in [0.29, 0.717) is 0 Å². The molecule has 4 rings (SSSR count). The Bertz CT molecular complexity index is 793. The monoisotopic (exact) mass is 313 g/mol. The zero-order chi connectivity index (χ0) is 14.9. The van der Waals surface area contributed by atoms with Crippen molar-refractivity contribution in [2.75, 3.05) is 18.1 Å². The number of hydrogen-bond acceptors (Lipinski definition) is 4. The molecule has 1 aliphatic rings. The van der Waals surface area contributed by atoms with E-state index in [1.54, 1.807) is 6.20 Å². The van der Waals surface area contributed by atoms with Crippen LogP contribution in [0, 0.1) is 0 Å². The highest BCUT2D eigenvalue weighted by atomic mass is 35.5. The first-order valence-electron chi connectivity index (χ1n) is 7.50. The maximum atomic E-state index is 5.98. The summed E-state index contributed by atoms with van der Waals surface area (Å²) >= 11 is 5.98. The third kappa shape index (κ3) is 2.41. The molecule has 1 aromatic carbocycles. The van der Waals surface area contributed by atoms with Crippen molar-refractivity contribution < 1.29 is 0 Å². The van der Waals surface area contributed by atoms with Crippen LogP contribution in [-0.4, -0.2) is 32.7 Å². The molecular weight excluding hydrogens is 298 g/mol. The molecule has 3 heterocycles. The molecule has 1 saturated heterocycles. The second kappa shape index (κ2) is 5.57. The summed E-state index contributed by atoms with van der Waals surface area (Å²) in [6, 6.07) is 10.4. The molecule has 0 aliphatic carbocycles. The standard InChI is InChI=1S/C16H16ClN5/c17-16-18-11-13-15(20-16)22(21-8-4-5-9-21)14(19-13)10-12-6-2-1-3-7-12/h1-3,6-7,11H,4-5,8-10H2. The van der Waals surface area contributed by atoms with E-state index in [9.17, 15) is 0 Å². The maximum Gasteiger partial charge on any atom is 0.224 e. The fraction of sp³-hybridized carbons (Fsp3) is 0.312. The Morgan fingerprint density at radius 1 is 1.05 bits per heavy atom. The minimum absolute atomic E-state index is 0.263. The number of aromatic nitrogens is 4. The summed E-state index contributed by atoms with van der Waals surface area (Å²) < 4.78 is 2.13. The second-order valence-corrected chi connectivity index (χ2v) is 5.85. The zero-order valence-corrected chi connectivity index (χ0v) is 12.9. The highest BCUT2D eigenvalue weighted by Gasteiger charge is 2.21. The van der Waals surface area contributed by atoms with E-state index in [0.717, 1.165) is 36.5 Å². The van der Waals surface area contributed by atoms with Gasteiger partial charge >= 0.3 is 0 Å². The number of imidazole rings is 1. The van der Waals surface area contributed by atoms with Crippen LogP contribution in [0.5, 0.6) is 0 Å². The summed E-state index contributed by atoms with van der Waals surface area (Å²) in [4.78, 5) is 13.2. The van der Waals surface area contributed by atoms with Crippen molar-refractivity contribution >= 4 is 22.8 Å². The summed E-state index contributed by atoms with van der Waals surface area (Å²) in [5, 5.41) is 2.57. The van der Waals surface area contributed by atoms with Crippen LogP contribution in [0.1, 0.15) is 24.2 Å². The van der Waals surface area contributed by atoms with Gasteiger partial charge in [-0.1, -0.05) is 30.3 Å². The maximum absolute atomic E-state index is 5.98. The van der Waals surface area contributed by atoms with Crippen LogP contribution in [0.15, 0.2) is 36.5 Å². The molecule has 6 heteroatoms. The van der Waals surface area contributed by atoms with Gasteiger partial charge in [0.1, 0.15) is 11.3 Å². The van der Waals surface area contributed by atoms with Crippen LogP contribution in [0.3, 0.4) is 0 Å². The molecule has 112 valence electrons. The largest absolute Gasteiger partial charge is 0.310 e. The van der Waals surface area contributed by atoms with Gasteiger partial charge in [0.2, 0.25) is 5.28 Å². The summed E-state index contributed by atoms with van der Waals surface area (Å²) in [5.74, 6) is 0.986. The number of hydrogen-bond donors (Lipinski definition) is 0. The van der Waals surface area contributed by atoms with Gasteiger partial charge in [-0.2, -0.15) is 4.98 Å². The molecule has 3 aromatic rings. The third-order valence-corrected chi connectivity index (χ3v) is 4.17. The van der Waals surface area contributed by atoms with Gasteiger partial charge in [0.25, 0.3) is 0 Å². The molecule has 2 aromatic heterocycles. The van der Waals surface area contributed by atoms with E-state index in [4.69, 9.17) is 16.6 Å². The van der Waals surface area contributed by atoms with E-state index in [1.807, 2.05) is 6.07 Å². The first-order chi connectivity index (χ1) is 10.8. The Balaban J connectivity index is 1.83. The molecule has 0 radical (unpaired) electrons. The van der Waals surface area contributed by atoms with Gasteiger partial charge in [0.05, 0.1) is 6.20 Å². The lowest BCUT2D eigenvalue weighted by atomic mass is 10.1. The van der Waals surface area contributed by atoms with Gasteiger partial charge in [0.15, 0.2) is 5.65 Å². The third-order valence-electron chi connectivity index (χ3n) is 3.99. The lowest BCUT2D eigenvalue weighted by Gasteiger charge is -2.21. The highest BCUT2D eigenvalue weighted by Crippen LogP contribution is 2.20. The van der Waals surface area contributed by atoms with Gasteiger partial charge in [-0.3, -0.25) is 0 Å². The smallest absolute Gasteiger partial charge is 0.224 e. The number of rotatable bonds is 3. The van der Waals surface area contributed by atoms with E-state index in [1.165, 1.54) is 18.4 Å². The molecule has 1 aliphatic heterocycles. The Morgan fingerprint density at radius 2 is 1.82 bits per heavy atom. The van der Waals surface area contributed by atoms with E-state index >= 15 is 0 Å². The predicted octanol–water partition coefficient (Wildman–Crippen LogP) is 2.80. The Morgan fingerprint density at radius 3 is 2.59 bits per heavy atom. The molecule has 0 saturated carbocycles. The molecule has 0 bridgehead atoms. The molecular formula is C16H16ClN5. The summed E-state index contributed by atoms with van der Waals surface area (Å²) in [5.41, 5.74) is 2.83. The number of benzene rings is 1. The summed E-state index contributed by atoms with van der Waals surface area (Å²) in [7, 11) is 0. The van der Waals surface area contributed by atoms with Crippen molar-refractivity contribution in [2.45, 2.75) is 19.3 Å². The second-order valence-electron chi connectivity index (χ2n) is 5.51. The number of nitrogens with zero attached hydrogens (tertiary/aromatic N) is 5. The Kier molecular flexibility index (Phi) is 3.42. The number of halogens is 1. The average Bonchev–Trinajstić information content (AvgIpc) is 3.15. The molecule has 0 atom stereocenters. The molecule has 0 spiro atoms. The van der Waals surface area contributed by atoms with E-state index < -0.39 is 0 Å². The van der Waals surface area contributed by atoms with Crippen LogP contribution in [0.4, 0.5) is 0 Å². The zero-order valence-electron chi connectivity index (χ0n) is 12.1. The SMILES string of the molecule is Clc1ncc2nc(Cc3ccccc3)n(N3CCCC3)c2n1. The van der Waals surface area contributed by atoms with Gasteiger partial charge in [-0.25, -0.2) is 14.6 Å². The topological polar surface area (TPSA) is 46.8 Å². The average molecular weight is 314 g/mol. The Labute approximate surface area is 133 Å². The van der Waals surface area contributed by atoms with Crippen LogP contribution in [-0.2, 0) is 6.42 Å². The lowest BCUT2D eigenvalue weighted by Crippen LogP contribution is -2.33. The van der Waals surface area contributed by atoms with Gasteiger partial charge in [-0.05, 0) is 30.0 Å². The quantitative estimate of drug-likeness (QED) is 0.698. The fourth-order valence-electron chi connectivity index (χ4n) is 2.98. The minimum Gasteiger partial charge on any atom is -0.310 e. The van der Waals surface area contributed by atoms with Crippen LogP contribution in [0.2, 0.25) is 5.28 Å². The van der Waals surface area contributed by atoms with Gasteiger partial charge in [0, 0.05) is 19.5 Å². The lowest BCUT2D eigenvalue weighted by molar-refractivity contribution is 0.645. The van der Waals surface area contributed by atoms with E-state index in [-0.39, 0.29) is 5.28 Å². The van der Waals surface area contributed by atoms with Gasteiger partial charge in [-0.15, -0.1) is 0 Å². The molecule has 0 N–H and O–H groups in total. The first-order valence-corrected chi connectivity index (χ1v) is 7.88. The normalized spacial score (nSPS) is 14.9. The molecule has 5 nitrogen and oxygen atoms in total. The van der Waals surface area contributed by atoms with Crippen molar-refractivity contribution in [2.24, 2.45) is 0 Å². The first kappa shape index (κ1) is 13.5. The van der Waals surface area contributed by atoms with Crippen LogP contribution >= 0.6 is 11.6 Å². The van der Waals surface area contributed by atoms with E-state index in [2.05, 4.69) is 43.9 Å². The predicted molar refractivity (Wildman–Crippen MR) is 86.8 cm³/mol. The molecule has 1 fully saturated rings. The van der Waals surface area contributed by atoms with Crippen molar-refractivity contribution in [3.63, 3.8) is 0 Å². The summed E-state index contributed by atoms with van der Waals surface area (Å²) in [6.45, 7) is 2.05. The summed E-state index contributed by atoms with van der Waals surface area (Å²) in [6.07, 6.45) is 4.86. The molecule has 22 heavy (non-hydrogen) atoms. The van der Waals surface area contributed by atoms with Crippen molar-refractivity contribution in [3.05, 3.63) is 53.2 Å². The molecule has 0 amide bonds. The Hall–Kier alpha value is -2.14. The fourth-order valence-corrected chi connectivity index (χ4v) is 3.11. The van der Waals surface area contributed by atoms with Crippen molar-refractivity contribution in [1.29, 1.82) is 0 Å². The van der Waals surface area contributed by atoms with Gasteiger partial charge < -0.3 is 5.01 Å². The van der Waals surface area contributed by atoms with Crippen LogP contribution < -0.4 is 5.01 Å².